The molecule has 1 atom stereocenters. The van der Waals surface area contributed by atoms with Gasteiger partial charge in [0.2, 0.25) is 0 Å². The maximum Gasteiger partial charge on any atom is 0.402 e. The van der Waals surface area contributed by atoms with Gasteiger partial charge in [0.05, 0.1) is 6.04 Å². The third-order valence-corrected chi connectivity index (χ3v) is 2.54. The molecule has 0 spiro atoms. The normalized spacial score (nSPS) is 16.1. The van der Waals surface area contributed by atoms with Crippen molar-refractivity contribution in [3.05, 3.63) is 0 Å². The molecule has 0 aliphatic rings. The molecule has 0 radical (unpaired) electrons. The van der Waals surface area contributed by atoms with Crippen LogP contribution in [0.25, 0.3) is 0 Å². The van der Waals surface area contributed by atoms with Crippen molar-refractivity contribution in [3.8, 4) is 0 Å². The SMILES string of the molecule is CC(NS(=O)(=O)NCC(F)(F)F)C(N)=NO. The Labute approximate surface area is 89.7 Å². The predicted molar refractivity (Wildman–Crippen MR) is 49.0 cm³/mol. The van der Waals surface area contributed by atoms with Crippen LogP contribution in [0.5, 0.6) is 0 Å². The second-order valence-corrected chi connectivity index (χ2v) is 4.34. The number of nitrogens with one attached hydrogen (secondary N) is 2. The number of rotatable bonds is 5. The molecule has 7 nitrogen and oxygen atoms in total. The largest absolute Gasteiger partial charge is 0.409 e. The van der Waals surface area contributed by atoms with Crippen LogP contribution in [0.1, 0.15) is 6.92 Å². The summed E-state index contributed by atoms with van der Waals surface area (Å²) in [5.74, 6) is -0.475. The number of halogens is 3. The second-order valence-electron chi connectivity index (χ2n) is 2.80. The highest BCUT2D eigenvalue weighted by Crippen LogP contribution is 2.12. The number of alkyl halides is 3. The summed E-state index contributed by atoms with van der Waals surface area (Å²) in [4.78, 5) is 0. The highest BCUT2D eigenvalue weighted by molar-refractivity contribution is 7.87. The third kappa shape index (κ3) is 6.42. The van der Waals surface area contributed by atoms with Crippen molar-refractivity contribution in [2.24, 2.45) is 10.9 Å². The first-order chi connectivity index (χ1) is 7.07. The summed E-state index contributed by atoms with van der Waals surface area (Å²) in [5.41, 5.74) is 5.03. The van der Waals surface area contributed by atoms with Crippen LogP contribution in [0.3, 0.4) is 0 Å². The Bertz CT molecular complexity index is 352. The lowest BCUT2D eigenvalue weighted by Crippen LogP contribution is -2.49. The summed E-state index contributed by atoms with van der Waals surface area (Å²) < 4.78 is 60.1. The van der Waals surface area contributed by atoms with E-state index in [0.717, 1.165) is 0 Å². The molecule has 0 bridgehead atoms. The average Bonchev–Trinajstić information content (AvgIpc) is 2.12. The quantitative estimate of drug-likeness (QED) is 0.223. The predicted octanol–water partition coefficient (Wildman–Crippen LogP) is -0.892. The number of oxime groups is 1. The Morgan fingerprint density at radius 3 is 2.44 bits per heavy atom. The van der Waals surface area contributed by atoms with E-state index in [-0.39, 0.29) is 0 Å². The van der Waals surface area contributed by atoms with Crippen molar-refractivity contribution < 1.29 is 26.8 Å². The zero-order valence-corrected chi connectivity index (χ0v) is 8.93. The molecular weight excluding hydrogens is 253 g/mol. The van der Waals surface area contributed by atoms with Gasteiger partial charge in [0.15, 0.2) is 5.84 Å². The minimum atomic E-state index is -4.66. The van der Waals surface area contributed by atoms with Crippen molar-refractivity contribution in [3.63, 3.8) is 0 Å². The summed E-state index contributed by atoms with van der Waals surface area (Å²) in [6.07, 6.45) is -4.66. The maximum absolute atomic E-state index is 11.7. The summed E-state index contributed by atoms with van der Waals surface area (Å²) in [6.45, 7) is -0.507. The van der Waals surface area contributed by atoms with E-state index in [1.807, 2.05) is 0 Å². The highest BCUT2D eigenvalue weighted by Gasteiger charge is 2.30. The van der Waals surface area contributed by atoms with E-state index in [9.17, 15) is 21.6 Å². The lowest BCUT2D eigenvalue weighted by atomic mass is 10.3. The van der Waals surface area contributed by atoms with Crippen LogP contribution in [0.4, 0.5) is 13.2 Å². The van der Waals surface area contributed by atoms with Crippen molar-refractivity contribution in [2.45, 2.75) is 19.1 Å². The number of hydrogen-bond donors (Lipinski definition) is 4. The summed E-state index contributed by atoms with van der Waals surface area (Å²) >= 11 is 0. The van der Waals surface area contributed by atoms with Crippen molar-refractivity contribution in [1.82, 2.24) is 9.44 Å². The van der Waals surface area contributed by atoms with Gasteiger partial charge in [-0.05, 0) is 6.92 Å². The van der Waals surface area contributed by atoms with Gasteiger partial charge in [-0.3, -0.25) is 0 Å². The standard InChI is InChI=1S/C5H11F3N4O3S/c1-3(4(9)11-13)12-16(14,15)10-2-5(6,7)8/h3,10,12-13H,2H2,1H3,(H2,9,11). The minimum Gasteiger partial charge on any atom is -0.409 e. The molecule has 0 aromatic rings. The number of nitrogens with two attached hydrogens (primary N) is 1. The molecule has 0 amide bonds. The van der Waals surface area contributed by atoms with Crippen LogP contribution in [0.2, 0.25) is 0 Å². The monoisotopic (exact) mass is 264 g/mol. The second kappa shape index (κ2) is 5.32. The Kier molecular flexibility index (Phi) is 4.96. The topological polar surface area (TPSA) is 117 Å². The summed E-state index contributed by atoms with van der Waals surface area (Å²) in [6, 6.07) is -1.13. The summed E-state index contributed by atoms with van der Waals surface area (Å²) in [7, 11) is -4.36. The molecule has 0 aromatic carbocycles. The van der Waals surface area contributed by atoms with Gasteiger partial charge in [-0.25, -0.2) is 0 Å². The zero-order valence-electron chi connectivity index (χ0n) is 8.11. The van der Waals surface area contributed by atoms with Gasteiger partial charge in [0, 0.05) is 0 Å². The van der Waals surface area contributed by atoms with Gasteiger partial charge in [-0.1, -0.05) is 5.16 Å². The van der Waals surface area contributed by atoms with Crippen LogP contribution in [-0.4, -0.2) is 38.2 Å². The van der Waals surface area contributed by atoms with Gasteiger partial charge >= 0.3 is 6.18 Å². The lowest BCUT2D eigenvalue weighted by molar-refractivity contribution is -0.121. The Morgan fingerprint density at radius 2 is 2.06 bits per heavy atom. The van der Waals surface area contributed by atoms with E-state index in [1.54, 1.807) is 4.72 Å². The van der Waals surface area contributed by atoms with Gasteiger partial charge in [-0.15, -0.1) is 0 Å². The van der Waals surface area contributed by atoms with Crippen LogP contribution in [0.15, 0.2) is 5.16 Å². The first kappa shape index (κ1) is 14.9. The van der Waals surface area contributed by atoms with Gasteiger partial charge in [-0.2, -0.15) is 31.0 Å². The first-order valence-corrected chi connectivity index (χ1v) is 5.37. The van der Waals surface area contributed by atoms with Gasteiger partial charge in [0.1, 0.15) is 6.54 Å². The number of amidine groups is 1. The lowest BCUT2D eigenvalue weighted by Gasteiger charge is -2.14. The van der Waals surface area contributed by atoms with E-state index < -0.39 is 34.8 Å². The van der Waals surface area contributed by atoms with Gasteiger partial charge in [0.25, 0.3) is 10.2 Å². The van der Waals surface area contributed by atoms with Crippen LogP contribution < -0.4 is 15.2 Å². The van der Waals surface area contributed by atoms with Crippen molar-refractivity contribution in [1.29, 1.82) is 0 Å². The molecular formula is C5H11F3N4O3S. The Morgan fingerprint density at radius 1 is 1.56 bits per heavy atom. The van der Waals surface area contributed by atoms with E-state index in [2.05, 4.69) is 5.16 Å². The molecule has 1 unspecified atom stereocenters. The molecule has 0 saturated carbocycles. The molecule has 0 heterocycles. The van der Waals surface area contributed by atoms with E-state index in [0.29, 0.717) is 0 Å². The molecule has 5 N–H and O–H groups in total. The molecule has 0 aliphatic carbocycles. The maximum atomic E-state index is 11.7. The number of nitrogens with zero attached hydrogens (tertiary/aromatic N) is 1. The Hall–Kier alpha value is -1.07. The molecule has 16 heavy (non-hydrogen) atoms. The fourth-order valence-electron chi connectivity index (χ4n) is 0.598. The third-order valence-electron chi connectivity index (χ3n) is 1.35. The smallest absolute Gasteiger partial charge is 0.402 e. The molecule has 0 fully saturated rings. The molecule has 0 aromatic heterocycles. The van der Waals surface area contributed by atoms with Crippen molar-refractivity contribution in [2.75, 3.05) is 6.54 Å². The van der Waals surface area contributed by atoms with Crippen LogP contribution in [-0.2, 0) is 10.2 Å². The van der Waals surface area contributed by atoms with E-state index in [1.165, 1.54) is 11.6 Å². The molecule has 0 rings (SSSR count). The summed E-state index contributed by atoms with van der Waals surface area (Å²) in [5, 5.41) is 10.7. The fraction of sp³-hybridized carbons (Fsp3) is 0.800. The molecule has 0 aliphatic heterocycles. The van der Waals surface area contributed by atoms with Gasteiger partial charge < -0.3 is 10.9 Å². The molecule has 96 valence electrons. The molecule has 0 saturated heterocycles. The average molecular weight is 264 g/mol. The van der Waals surface area contributed by atoms with Crippen LogP contribution >= 0.6 is 0 Å². The molecule has 11 heteroatoms. The number of hydrogen-bond acceptors (Lipinski definition) is 4. The first-order valence-electron chi connectivity index (χ1n) is 3.88. The minimum absolute atomic E-state index is 0.475. The van der Waals surface area contributed by atoms with Crippen LogP contribution in [0, 0.1) is 0 Å². The Balaban J connectivity index is 4.37. The van der Waals surface area contributed by atoms with E-state index in [4.69, 9.17) is 10.9 Å². The van der Waals surface area contributed by atoms with E-state index >= 15 is 0 Å². The zero-order chi connectivity index (χ0) is 13.0. The van der Waals surface area contributed by atoms with Crippen molar-refractivity contribution >= 4 is 16.0 Å². The highest BCUT2D eigenvalue weighted by atomic mass is 32.2. The fourth-order valence-corrected chi connectivity index (χ4v) is 1.62.